The molecule has 1 unspecified atom stereocenters. The molecule has 0 aliphatic rings. The van der Waals surface area contributed by atoms with Gasteiger partial charge in [-0.25, -0.2) is 4.21 Å². The fourth-order valence-corrected chi connectivity index (χ4v) is 1.16. The van der Waals surface area contributed by atoms with Crippen LogP contribution in [0.1, 0.15) is 10.4 Å². The van der Waals surface area contributed by atoms with Crippen LogP contribution in [0.2, 0.25) is 0 Å². The van der Waals surface area contributed by atoms with Gasteiger partial charge in [0.25, 0.3) is 5.91 Å². The van der Waals surface area contributed by atoms with Gasteiger partial charge >= 0.3 is 0 Å². The highest BCUT2D eigenvalue weighted by molar-refractivity contribution is 7.79. The molecule has 76 valence electrons. The second-order valence-corrected chi connectivity index (χ2v) is 3.53. The lowest BCUT2D eigenvalue weighted by molar-refractivity contribution is 0.0960. The van der Waals surface area contributed by atoms with Crippen molar-refractivity contribution < 1.29 is 13.6 Å². The van der Waals surface area contributed by atoms with Gasteiger partial charge in [-0.15, -0.1) is 0 Å². The Morgan fingerprint density at radius 3 is 2.86 bits per heavy atom. The minimum atomic E-state index is -2.03. The van der Waals surface area contributed by atoms with E-state index in [-0.39, 0.29) is 5.88 Å². The van der Waals surface area contributed by atoms with Gasteiger partial charge in [-0.1, -0.05) is 6.07 Å². The van der Waals surface area contributed by atoms with Crippen LogP contribution in [0.15, 0.2) is 24.3 Å². The molecule has 0 fully saturated rings. The zero-order chi connectivity index (χ0) is 10.6. The molecule has 0 aromatic heterocycles. The molecule has 0 saturated carbocycles. The number of hydrogen-bond acceptors (Lipinski definition) is 3. The Bertz CT molecular complexity index is 367. The van der Waals surface area contributed by atoms with Gasteiger partial charge in [0.15, 0.2) is 11.1 Å². The van der Waals surface area contributed by atoms with Crippen LogP contribution < -0.4 is 11.1 Å². The predicted molar refractivity (Wildman–Crippen MR) is 54.0 cm³/mol. The highest BCUT2D eigenvalue weighted by Gasteiger charge is 2.05. The Kier molecular flexibility index (Phi) is 3.61. The summed E-state index contributed by atoms with van der Waals surface area (Å²) in [7, 11) is 0. The Morgan fingerprint density at radius 2 is 2.29 bits per heavy atom. The van der Waals surface area contributed by atoms with Crippen LogP contribution in [0.4, 0.5) is 5.69 Å². The third-order valence-electron chi connectivity index (χ3n) is 1.51. The smallest absolute Gasteiger partial charge is 0.252 e. The molecule has 0 aliphatic carbocycles. The van der Waals surface area contributed by atoms with E-state index in [2.05, 4.69) is 5.32 Å². The van der Waals surface area contributed by atoms with E-state index in [0.717, 1.165) is 0 Å². The lowest BCUT2D eigenvalue weighted by Gasteiger charge is -2.02. The van der Waals surface area contributed by atoms with Gasteiger partial charge in [-0.05, 0) is 18.2 Å². The summed E-state index contributed by atoms with van der Waals surface area (Å²) in [5.41, 5.74) is 6.31. The van der Waals surface area contributed by atoms with E-state index in [4.69, 9.17) is 10.3 Å². The van der Waals surface area contributed by atoms with Crippen LogP contribution in [0.25, 0.3) is 0 Å². The summed E-state index contributed by atoms with van der Waals surface area (Å²) in [5, 5.41) is 2.28. The SMILES string of the molecule is Nc1cccc(C(=O)NCS(=O)O)c1. The Morgan fingerprint density at radius 1 is 1.57 bits per heavy atom. The highest BCUT2D eigenvalue weighted by Crippen LogP contribution is 2.05. The Balaban J connectivity index is 2.65. The summed E-state index contributed by atoms with van der Waals surface area (Å²) >= 11 is -2.03. The van der Waals surface area contributed by atoms with E-state index in [0.29, 0.717) is 11.3 Å². The third kappa shape index (κ3) is 3.15. The van der Waals surface area contributed by atoms with Crippen molar-refractivity contribution in [1.29, 1.82) is 0 Å². The zero-order valence-corrected chi connectivity index (χ0v) is 8.08. The number of nitrogen functional groups attached to an aromatic ring is 1. The van der Waals surface area contributed by atoms with Crippen molar-refractivity contribution in [3.8, 4) is 0 Å². The van der Waals surface area contributed by atoms with Crippen LogP contribution in [-0.2, 0) is 11.1 Å². The molecule has 14 heavy (non-hydrogen) atoms. The maximum absolute atomic E-state index is 11.3. The standard InChI is InChI=1S/C8H10N2O3S/c9-7-3-1-2-6(4-7)8(11)10-5-14(12)13/h1-4H,5,9H2,(H,10,11)(H,12,13). The van der Waals surface area contributed by atoms with E-state index >= 15 is 0 Å². The average Bonchev–Trinajstić information content (AvgIpc) is 2.14. The number of nitrogens with one attached hydrogen (secondary N) is 1. The summed E-state index contributed by atoms with van der Waals surface area (Å²) in [4.78, 5) is 11.3. The largest absolute Gasteiger partial charge is 0.399 e. The molecular formula is C8H10N2O3S. The van der Waals surface area contributed by atoms with Crippen LogP contribution in [-0.4, -0.2) is 20.5 Å². The molecular weight excluding hydrogens is 204 g/mol. The topological polar surface area (TPSA) is 92.4 Å². The summed E-state index contributed by atoms with van der Waals surface area (Å²) in [5.74, 6) is -0.701. The lowest BCUT2D eigenvalue weighted by atomic mass is 10.2. The predicted octanol–water partition coefficient (Wildman–Crippen LogP) is 0.178. The molecule has 1 atom stereocenters. The molecule has 0 heterocycles. The zero-order valence-electron chi connectivity index (χ0n) is 7.27. The number of hydrogen-bond donors (Lipinski definition) is 3. The lowest BCUT2D eigenvalue weighted by Crippen LogP contribution is -2.26. The van der Waals surface area contributed by atoms with Crippen molar-refractivity contribution in [2.24, 2.45) is 0 Å². The summed E-state index contributed by atoms with van der Waals surface area (Å²) in [6.07, 6.45) is 0. The first kappa shape index (κ1) is 10.7. The minimum absolute atomic E-state index is 0.284. The van der Waals surface area contributed by atoms with Crippen LogP contribution in [0.3, 0.4) is 0 Å². The van der Waals surface area contributed by atoms with E-state index in [9.17, 15) is 9.00 Å². The maximum atomic E-state index is 11.3. The highest BCUT2D eigenvalue weighted by atomic mass is 32.2. The van der Waals surface area contributed by atoms with Crippen molar-refractivity contribution >= 4 is 22.7 Å². The van der Waals surface area contributed by atoms with E-state index in [1.54, 1.807) is 18.2 Å². The van der Waals surface area contributed by atoms with E-state index in [1.807, 2.05) is 0 Å². The van der Waals surface area contributed by atoms with Gasteiger partial charge in [-0.3, -0.25) is 4.79 Å². The monoisotopic (exact) mass is 214 g/mol. The molecule has 1 aromatic carbocycles. The summed E-state index contributed by atoms with van der Waals surface area (Å²) in [6, 6.07) is 6.36. The number of anilines is 1. The van der Waals surface area contributed by atoms with Crippen molar-refractivity contribution in [3.05, 3.63) is 29.8 Å². The minimum Gasteiger partial charge on any atom is -0.399 e. The molecule has 1 amide bonds. The fraction of sp³-hybridized carbons (Fsp3) is 0.125. The van der Waals surface area contributed by atoms with E-state index < -0.39 is 17.0 Å². The van der Waals surface area contributed by atoms with Crippen molar-refractivity contribution in [1.82, 2.24) is 5.32 Å². The summed E-state index contributed by atoms with van der Waals surface area (Å²) < 4.78 is 18.7. The number of rotatable bonds is 3. The normalized spacial score (nSPS) is 12.1. The molecule has 0 spiro atoms. The van der Waals surface area contributed by atoms with Crippen molar-refractivity contribution in [2.45, 2.75) is 0 Å². The van der Waals surface area contributed by atoms with Gasteiger partial charge in [0, 0.05) is 11.3 Å². The van der Waals surface area contributed by atoms with Gasteiger partial charge in [0.2, 0.25) is 0 Å². The van der Waals surface area contributed by atoms with E-state index in [1.165, 1.54) is 6.07 Å². The molecule has 0 aliphatic heterocycles. The van der Waals surface area contributed by atoms with Gasteiger partial charge in [0.1, 0.15) is 5.88 Å². The Hall–Kier alpha value is -1.40. The number of carbonyl (C=O) groups excluding carboxylic acids is 1. The fourth-order valence-electron chi connectivity index (χ4n) is 0.909. The second-order valence-electron chi connectivity index (χ2n) is 2.60. The van der Waals surface area contributed by atoms with Crippen LogP contribution in [0.5, 0.6) is 0 Å². The molecule has 0 saturated heterocycles. The van der Waals surface area contributed by atoms with Crippen molar-refractivity contribution in [3.63, 3.8) is 0 Å². The number of amides is 1. The second kappa shape index (κ2) is 4.73. The molecule has 0 radical (unpaired) electrons. The molecule has 1 aromatic rings. The van der Waals surface area contributed by atoms with Gasteiger partial charge < -0.3 is 15.6 Å². The first-order valence-corrected chi connectivity index (χ1v) is 5.08. The first-order valence-electron chi connectivity index (χ1n) is 3.81. The van der Waals surface area contributed by atoms with Crippen molar-refractivity contribution in [2.75, 3.05) is 11.6 Å². The molecule has 1 rings (SSSR count). The van der Waals surface area contributed by atoms with Crippen LogP contribution >= 0.6 is 0 Å². The van der Waals surface area contributed by atoms with Gasteiger partial charge in [-0.2, -0.15) is 0 Å². The Labute approximate surface area is 83.6 Å². The third-order valence-corrected chi connectivity index (χ3v) is 1.90. The molecule has 5 nitrogen and oxygen atoms in total. The average molecular weight is 214 g/mol. The maximum Gasteiger partial charge on any atom is 0.252 e. The molecule has 6 heteroatoms. The van der Waals surface area contributed by atoms with Crippen LogP contribution in [0, 0.1) is 0 Å². The quantitative estimate of drug-likeness (QED) is 0.494. The number of benzene rings is 1. The summed E-state index contributed by atoms with van der Waals surface area (Å²) in [6.45, 7) is 0. The molecule has 4 N–H and O–H groups in total. The number of carbonyl (C=O) groups is 1. The first-order chi connectivity index (χ1) is 6.59. The number of nitrogens with two attached hydrogens (primary N) is 1. The van der Waals surface area contributed by atoms with Gasteiger partial charge in [0.05, 0.1) is 0 Å². The molecule has 0 bridgehead atoms.